The van der Waals surface area contributed by atoms with E-state index < -0.39 is 67.9 Å². The number of carbonyl (C=O) groups is 1. The van der Waals surface area contributed by atoms with E-state index in [9.17, 15) is 35.4 Å². The van der Waals surface area contributed by atoms with Crippen molar-refractivity contribution in [1.82, 2.24) is 0 Å². The Kier molecular flexibility index (Phi) is 8.24. The van der Waals surface area contributed by atoms with Crippen molar-refractivity contribution in [2.45, 2.75) is 81.0 Å². The van der Waals surface area contributed by atoms with Crippen molar-refractivity contribution in [3.8, 4) is 0 Å². The van der Waals surface area contributed by atoms with Crippen LogP contribution in [0.5, 0.6) is 0 Å². The number of hydrogen-bond acceptors (Lipinski definition) is 12. The third-order valence-electron chi connectivity index (χ3n) is 5.65. The molecule has 2 aliphatic heterocycles. The molecule has 0 amide bonds. The van der Waals surface area contributed by atoms with Gasteiger partial charge in [-0.05, 0) is 19.3 Å². The molecule has 178 valence electrons. The highest BCUT2D eigenvalue weighted by Gasteiger charge is 2.47. The van der Waals surface area contributed by atoms with Gasteiger partial charge in [-0.15, -0.1) is 0 Å². The maximum absolute atomic E-state index is 12.0. The molecule has 12 heteroatoms. The molecule has 31 heavy (non-hydrogen) atoms. The third-order valence-corrected chi connectivity index (χ3v) is 5.65. The zero-order chi connectivity index (χ0) is 22.7. The van der Waals surface area contributed by atoms with Crippen LogP contribution in [0.15, 0.2) is 11.3 Å². The summed E-state index contributed by atoms with van der Waals surface area (Å²) < 4.78 is 26.5. The van der Waals surface area contributed by atoms with Gasteiger partial charge in [0, 0.05) is 6.42 Å². The molecule has 2 fully saturated rings. The standard InChI is InChI=1S/C19H30O12/c1-27-17(26)8-4-2-3-5-10(8)30-19-16(25)14(23)13(22)11(31-19)7-29-18-15(24)12(21)9(20)6-28-18/h9,11-16,18-25H,2-7H2,1H3/t9-,11-,12+,13-,14+,15-,16-,18+,19-/m1/s1. The van der Waals surface area contributed by atoms with Crippen LogP contribution in [0, 0.1) is 0 Å². The molecule has 0 bridgehead atoms. The smallest absolute Gasteiger partial charge is 0.337 e. The molecular formula is C19H30O12. The zero-order valence-corrected chi connectivity index (χ0v) is 17.1. The van der Waals surface area contributed by atoms with E-state index in [0.29, 0.717) is 18.4 Å². The lowest BCUT2D eigenvalue weighted by molar-refractivity contribution is -0.315. The Balaban J connectivity index is 1.66. The third kappa shape index (κ3) is 5.35. The van der Waals surface area contributed by atoms with Crippen LogP contribution in [-0.4, -0.2) is 112 Å². The number of rotatable bonds is 6. The zero-order valence-electron chi connectivity index (χ0n) is 17.1. The molecule has 9 atom stereocenters. The summed E-state index contributed by atoms with van der Waals surface area (Å²) in [5, 5.41) is 59.9. The van der Waals surface area contributed by atoms with Crippen LogP contribution in [0.25, 0.3) is 0 Å². The topological polar surface area (TPSA) is 185 Å². The van der Waals surface area contributed by atoms with Crippen LogP contribution in [0.3, 0.4) is 0 Å². The SMILES string of the molecule is COC(=O)C1=C(O[C@@H]2O[C@H](CO[C@@H]3OC[C@@H](O)[C@H](O)[C@H]3O)[C@@H](O)[C@H](O)[C@H]2O)CCCC1. The first-order chi connectivity index (χ1) is 14.7. The number of ether oxygens (including phenoxy) is 5. The van der Waals surface area contributed by atoms with Gasteiger partial charge in [0.05, 0.1) is 25.9 Å². The maximum atomic E-state index is 12.0. The van der Waals surface area contributed by atoms with Gasteiger partial charge in [-0.1, -0.05) is 0 Å². The molecule has 0 unspecified atom stereocenters. The Hall–Kier alpha value is -1.35. The van der Waals surface area contributed by atoms with Gasteiger partial charge in [-0.2, -0.15) is 0 Å². The quantitative estimate of drug-likeness (QED) is 0.230. The van der Waals surface area contributed by atoms with Crippen LogP contribution in [0.4, 0.5) is 0 Å². The predicted octanol–water partition coefficient (Wildman–Crippen LogP) is -2.73. The number of esters is 1. The Bertz CT molecular complexity index is 654. The van der Waals surface area contributed by atoms with Crippen LogP contribution in [-0.2, 0) is 28.5 Å². The van der Waals surface area contributed by atoms with E-state index in [4.69, 9.17) is 23.7 Å². The van der Waals surface area contributed by atoms with E-state index in [1.807, 2.05) is 0 Å². The fourth-order valence-corrected chi connectivity index (χ4v) is 3.75. The van der Waals surface area contributed by atoms with Gasteiger partial charge >= 0.3 is 5.97 Å². The van der Waals surface area contributed by atoms with Crippen molar-refractivity contribution in [3.05, 3.63) is 11.3 Å². The van der Waals surface area contributed by atoms with Gasteiger partial charge in [-0.3, -0.25) is 0 Å². The van der Waals surface area contributed by atoms with Crippen molar-refractivity contribution >= 4 is 5.97 Å². The summed E-state index contributed by atoms with van der Waals surface area (Å²) in [6.07, 6.45) is -10.6. The molecule has 0 aromatic carbocycles. The van der Waals surface area contributed by atoms with E-state index in [2.05, 4.69) is 0 Å². The Morgan fingerprint density at radius 3 is 2.32 bits per heavy atom. The van der Waals surface area contributed by atoms with Crippen molar-refractivity contribution in [3.63, 3.8) is 0 Å². The second-order valence-corrected chi connectivity index (χ2v) is 7.82. The summed E-state index contributed by atoms with van der Waals surface area (Å²) in [4.78, 5) is 12.0. The molecule has 2 heterocycles. The van der Waals surface area contributed by atoms with Gasteiger partial charge < -0.3 is 54.3 Å². The lowest BCUT2D eigenvalue weighted by Crippen LogP contribution is -2.60. The Morgan fingerprint density at radius 2 is 1.61 bits per heavy atom. The second kappa shape index (κ2) is 10.5. The summed E-state index contributed by atoms with van der Waals surface area (Å²) in [5.41, 5.74) is 0.323. The van der Waals surface area contributed by atoms with Crippen LogP contribution < -0.4 is 0 Å². The molecule has 2 saturated heterocycles. The molecule has 0 saturated carbocycles. The van der Waals surface area contributed by atoms with Crippen molar-refractivity contribution in [2.75, 3.05) is 20.3 Å². The molecule has 1 aliphatic carbocycles. The number of methoxy groups -OCH3 is 1. The number of aliphatic hydroxyl groups is 6. The largest absolute Gasteiger partial charge is 0.466 e. The lowest BCUT2D eigenvalue weighted by Gasteiger charge is -2.42. The van der Waals surface area contributed by atoms with Gasteiger partial charge in [0.2, 0.25) is 6.29 Å². The van der Waals surface area contributed by atoms with Gasteiger partial charge in [0.25, 0.3) is 0 Å². The fourth-order valence-electron chi connectivity index (χ4n) is 3.75. The molecule has 12 nitrogen and oxygen atoms in total. The van der Waals surface area contributed by atoms with Crippen LogP contribution in [0.1, 0.15) is 25.7 Å². The molecule has 0 aromatic heterocycles. The average molecular weight is 450 g/mol. The highest BCUT2D eigenvalue weighted by atomic mass is 16.7. The van der Waals surface area contributed by atoms with E-state index in [1.165, 1.54) is 7.11 Å². The van der Waals surface area contributed by atoms with Crippen LogP contribution in [0.2, 0.25) is 0 Å². The highest BCUT2D eigenvalue weighted by Crippen LogP contribution is 2.31. The second-order valence-electron chi connectivity index (χ2n) is 7.82. The van der Waals surface area contributed by atoms with Crippen molar-refractivity contribution in [2.24, 2.45) is 0 Å². The minimum absolute atomic E-state index is 0.269. The Labute approximate surface area is 178 Å². The molecular weight excluding hydrogens is 420 g/mol. The summed E-state index contributed by atoms with van der Waals surface area (Å²) >= 11 is 0. The van der Waals surface area contributed by atoms with E-state index in [1.54, 1.807) is 0 Å². The van der Waals surface area contributed by atoms with E-state index in [-0.39, 0.29) is 12.4 Å². The molecule has 0 radical (unpaired) electrons. The van der Waals surface area contributed by atoms with Gasteiger partial charge in [0.15, 0.2) is 6.29 Å². The van der Waals surface area contributed by atoms with E-state index in [0.717, 1.165) is 12.8 Å². The predicted molar refractivity (Wildman–Crippen MR) is 99.0 cm³/mol. The van der Waals surface area contributed by atoms with Gasteiger partial charge in [-0.25, -0.2) is 4.79 Å². The minimum Gasteiger partial charge on any atom is -0.466 e. The first kappa shape index (κ1) is 24.3. The summed E-state index contributed by atoms with van der Waals surface area (Å²) in [6, 6.07) is 0. The number of aliphatic hydroxyl groups excluding tert-OH is 6. The normalized spacial score (nSPS) is 41.7. The first-order valence-electron chi connectivity index (χ1n) is 10.2. The van der Waals surface area contributed by atoms with Crippen LogP contribution >= 0.6 is 0 Å². The maximum Gasteiger partial charge on any atom is 0.337 e. The van der Waals surface area contributed by atoms with Gasteiger partial charge in [0.1, 0.15) is 48.5 Å². The number of hydrogen-bond donors (Lipinski definition) is 6. The molecule has 3 rings (SSSR count). The monoisotopic (exact) mass is 450 g/mol. The molecule has 3 aliphatic rings. The summed E-state index contributed by atoms with van der Waals surface area (Å²) in [6.45, 7) is -0.660. The highest BCUT2D eigenvalue weighted by molar-refractivity contribution is 5.89. The number of allylic oxidation sites excluding steroid dienone is 1. The van der Waals surface area contributed by atoms with Crippen molar-refractivity contribution < 1.29 is 59.1 Å². The average Bonchev–Trinajstić information content (AvgIpc) is 2.78. The molecule has 6 N–H and O–H groups in total. The van der Waals surface area contributed by atoms with Crippen molar-refractivity contribution in [1.29, 1.82) is 0 Å². The summed E-state index contributed by atoms with van der Waals surface area (Å²) in [5.74, 6) is -0.266. The molecule has 0 aromatic rings. The number of carbonyl (C=O) groups excluding carboxylic acids is 1. The Morgan fingerprint density at radius 1 is 0.935 bits per heavy atom. The summed E-state index contributed by atoms with van der Waals surface area (Å²) in [7, 11) is 1.25. The lowest BCUT2D eigenvalue weighted by atomic mass is 9.96. The fraction of sp³-hybridized carbons (Fsp3) is 0.842. The van der Waals surface area contributed by atoms with E-state index >= 15 is 0 Å². The first-order valence-corrected chi connectivity index (χ1v) is 10.2. The molecule has 0 spiro atoms. The minimum atomic E-state index is -1.64.